The second-order valence-electron chi connectivity index (χ2n) is 6.86. The van der Waals surface area contributed by atoms with Crippen LogP contribution in [0.15, 0.2) is 0 Å². The molecule has 0 radical (unpaired) electrons. The molecular formula is C15H30N4O3. The third kappa shape index (κ3) is 6.98. The molecule has 1 heterocycles. The zero-order valence-corrected chi connectivity index (χ0v) is 14.1. The zero-order chi connectivity index (χ0) is 16.8. The van der Waals surface area contributed by atoms with E-state index < -0.39 is 11.6 Å². The highest BCUT2D eigenvalue weighted by Gasteiger charge is 2.29. The summed E-state index contributed by atoms with van der Waals surface area (Å²) >= 11 is 0. The Labute approximate surface area is 132 Å². The molecule has 0 aromatic heterocycles. The predicted molar refractivity (Wildman–Crippen MR) is 85.6 cm³/mol. The lowest BCUT2D eigenvalue weighted by atomic mass is 9.92. The summed E-state index contributed by atoms with van der Waals surface area (Å²) in [5.41, 5.74) is 4.55. The van der Waals surface area contributed by atoms with E-state index in [1.807, 2.05) is 20.8 Å². The van der Waals surface area contributed by atoms with Gasteiger partial charge in [-0.05, 0) is 46.5 Å². The molecule has 0 spiro atoms. The second-order valence-corrected chi connectivity index (χ2v) is 6.86. The molecule has 0 aromatic rings. The van der Waals surface area contributed by atoms with Crippen LogP contribution in [0.3, 0.4) is 0 Å². The van der Waals surface area contributed by atoms with Crippen molar-refractivity contribution in [3.8, 4) is 0 Å². The summed E-state index contributed by atoms with van der Waals surface area (Å²) in [4.78, 5) is 24.5. The fourth-order valence-corrected chi connectivity index (χ4v) is 2.56. The molecule has 0 bridgehead atoms. The van der Waals surface area contributed by atoms with Crippen molar-refractivity contribution < 1.29 is 14.3 Å². The highest BCUT2D eigenvalue weighted by atomic mass is 16.6. The van der Waals surface area contributed by atoms with Gasteiger partial charge in [0.15, 0.2) is 0 Å². The van der Waals surface area contributed by atoms with Crippen LogP contribution in [0.2, 0.25) is 0 Å². The van der Waals surface area contributed by atoms with Gasteiger partial charge in [0.1, 0.15) is 5.60 Å². The maximum atomic E-state index is 12.1. The van der Waals surface area contributed by atoms with Gasteiger partial charge in [-0.15, -0.1) is 0 Å². The van der Waals surface area contributed by atoms with Crippen LogP contribution in [-0.4, -0.2) is 54.8 Å². The molecule has 2 atom stereocenters. The van der Waals surface area contributed by atoms with Crippen LogP contribution < -0.4 is 16.4 Å². The maximum Gasteiger partial charge on any atom is 0.410 e. The smallest absolute Gasteiger partial charge is 0.410 e. The summed E-state index contributed by atoms with van der Waals surface area (Å²) in [7, 11) is 0. The van der Waals surface area contributed by atoms with Gasteiger partial charge >= 0.3 is 12.1 Å². The van der Waals surface area contributed by atoms with E-state index in [-0.39, 0.29) is 12.1 Å². The van der Waals surface area contributed by atoms with E-state index in [9.17, 15) is 9.59 Å². The second kappa shape index (κ2) is 8.22. The van der Waals surface area contributed by atoms with Crippen molar-refractivity contribution in [2.45, 2.75) is 52.2 Å². The van der Waals surface area contributed by atoms with Crippen LogP contribution in [0.5, 0.6) is 0 Å². The first-order chi connectivity index (χ1) is 10.2. The fourth-order valence-electron chi connectivity index (χ4n) is 2.56. The van der Waals surface area contributed by atoms with Crippen molar-refractivity contribution in [3.63, 3.8) is 0 Å². The first-order valence-electron chi connectivity index (χ1n) is 7.93. The van der Waals surface area contributed by atoms with Gasteiger partial charge in [-0.1, -0.05) is 0 Å². The number of likely N-dealkylation sites (tertiary alicyclic amines) is 1. The van der Waals surface area contributed by atoms with Crippen molar-refractivity contribution in [3.05, 3.63) is 0 Å². The summed E-state index contributed by atoms with van der Waals surface area (Å²) in [6.07, 6.45) is 1.83. The topological polar surface area (TPSA) is 96.7 Å². The number of amides is 3. The Kier molecular flexibility index (Phi) is 6.93. The standard InChI is InChI=1S/C15H30N4O3/c1-11(17-7-8-18-13(16)20)12-6-5-9-19(10-12)14(21)22-15(2,3)4/h11-12,17H,5-10H2,1-4H3,(H3,16,18,20). The van der Waals surface area contributed by atoms with Crippen LogP contribution in [0.25, 0.3) is 0 Å². The Morgan fingerprint density at radius 2 is 2.05 bits per heavy atom. The monoisotopic (exact) mass is 314 g/mol. The van der Waals surface area contributed by atoms with Crippen molar-refractivity contribution in [2.24, 2.45) is 11.7 Å². The van der Waals surface area contributed by atoms with Crippen molar-refractivity contribution in [1.82, 2.24) is 15.5 Å². The average molecular weight is 314 g/mol. The van der Waals surface area contributed by atoms with Gasteiger partial charge in [0.2, 0.25) is 0 Å². The van der Waals surface area contributed by atoms with Crippen molar-refractivity contribution in [2.75, 3.05) is 26.2 Å². The highest BCUT2D eigenvalue weighted by molar-refractivity contribution is 5.71. The first-order valence-corrected chi connectivity index (χ1v) is 7.93. The lowest BCUT2D eigenvalue weighted by Gasteiger charge is -2.36. The van der Waals surface area contributed by atoms with Crippen LogP contribution in [0.4, 0.5) is 9.59 Å². The number of nitrogens with zero attached hydrogens (tertiary/aromatic N) is 1. The maximum absolute atomic E-state index is 12.1. The van der Waals surface area contributed by atoms with Gasteiger partial charge in [-0.2, -0.15) is 0 Å². The fraction of sp³-hybridized carbons (Fsp3) is 0.867. The number of ether oxygens (including phenoxy) is 1. The van der Waals surface area contributed by atoms with Gasteiger partial charge in [-0.25, -0.2) is 9.59 Å². The van der Waals surface area contributed by atoms with Crippen molar-refractivity contribution in [1.29, 1.82) is 0 Å². The third-order valence-corrected chi connectivity index (χ3v) is 3.71. The quantitative estimate of drug-likeness (QED) is 0.666. The van der Waals surface area contributed by atoms with Crippen molar-refractivity contribution >= 4 is 12.1 Å². The summed E-state index contributed by atoms with van der Waals surface area (Å²) in [6.45, 7) is 10.4. The molecular weight excluding hydrogens is 284 g/mol. The van der Waals surface area contributed by atoms with E-state index in [0.717, 1.165) is 19.4 Å². The van der Waals surface area contributed by atoms with Crippen LogP contribution in [0, 0.1) is 5.92 Å². The molecule has 7 nitrogen and oxygen atoms in total. The number of carbonyl (C=O) groups is 2. The van der Waals surface area contributed by atoms with E-state index in [1.54, 1.807) is 4.90 Å². The van der Waals surface area contributed by atoms with E-state index in [4.69, 9.17) is 10.5 Å². The van der Waals surface area contributed by atoms with Crippen LogP contribution in [-0.2, 0) is 4.74 Å². The molecule has 7 heteroatoms. The number of piperidine rings is 1. The Balaban J connectivity index is 2.38. The number of hydrogen-bond donors (Lipinski definition) is 3. The Bertz CT molecular complexity index is 381. The van der Waals surface area contributed by atoms with Crippen LogP contribution in [0.1, 0.15) is 40.5 Å². The molecule has 4 N–H and O–H groups in total. The van der Waals surface area contributed by atoms with Gasteiger partial charge < -0.3 is 26.0 Å². The zero-order valence-electron chi connectivity index (χ0n) is 14.1. The van der Waals surface area contributed by atoms with E-state index in [1.165, 1.54) is 0 Å². The predicted octanol–water partition coefficient (Wildman–Crippen LogP) is 1.28. The van der Waals surface area contributed by atoms with E-state index in [0.29, 0.717) is 25.6 Å². The van der Waals surface area contributed by atoms with Gasteiger partial charge in [0.25, 0.3) is 0 Å². The number of nitrogens with two attached hydrogens (primary N) is 1. The molecule has 0 saturated carbocycles. The van der Waals surface area contributed by atoms with Gasteiger partial charge in [0, 0.05) is 32.2 Å². The number of hydrogen-bond acceptors (Lipinski definition) is 4. The Morgan fingerprint density at radius 1 is 1.36 bits per heavy atom. The minimum Gasteiger partial charge on any atom is -0.444 e. The van der Waals surface area contributed by atoms with E-state index in [2.05, 4.69) is 17.6 Å². The molecule has 1 aliphatic heterocycles. The number of nitrogens with one attached hydrogen (secondary N) is 2. The minimum atomic E-state index is -0.511. The molecule has 0 aliphatic carbocycles. The Hall–Kier alpha value is -1.50. The minimum absolute atomic E-state index is 0.236. The van der Waals surface area contributed by atoms with Gasteiger partial charge in [-0.3, -0.25) is 0 Å². The Morgan fingerprint density at radius 3 is 2.64 bits per heavy atom. The third-order valence-electron chi connectivity index (χ3n) is 3.71. The highest BCUT2D eigenvalue weighted by Crippen LogP contribution is 2.21. The SMILES string of the molecule is CC(NCCNC(N)=O)C1CCCN(C(=O)OC(C)(C)C)C1. The molecule has 2 unspecified atom stereocenters. The number of urea groups is 1. The molecule has 1 rings (SSSR count). The summed E-state index contributed by atoms with van der Waals surface area (Å²) in [5, 5.41) is 5.91. The lowest BCUT2D eigenvalue weighted by Crippen LogP contribution is -2.49. The molecule has 1 aliphatic rings. The largest absolute Gasteiger partial charge is 0.444 e. The molecule has 22 heavy (non-hydrogen) atoms. The summed E-state index contributed by atoms with van der Waals surface area (Å²) < 4.78 is 5.44. The number of primary amides is 1. The number of carbonyl (C=O) groups excluding carboxylic acids is 2. The molecule has 1 saturated heterocycles. The van der Waals surface area contributed by atoms with Gasteiger partial charge in [0.05, 0.1) is 0 Å². The summed E-state index contributed by atoms with van der Waals surface area (Å²) in [6, 6.07) is -0.247. The normalized spacial score (nSPS) is 20.4. The lowest BCUT2D eigenvalue weighted by molar-refractivity contribution is 0.0148. The first kappa shape index (κ1) is 18.5. The van der Waals surface area contributed by atoms with Crippen LogP contribution >= 0.6 is 0 Å². The molecule has 128 valence electrons. The molecule has 1 fully saturated rings. The molecule has 3 amide bonds. The number of rotatable bonds is 5. The average Bonchev–Trinajstić information content (AvgIpc) is 2.41. The van der Waals surface area contributed by atoms with E-state index >= 15 is 0 Å². The molecule has 0 aromatic carbocycles. The summed E-state index contributed by atoms with van der Waals surface area (Å²) in [5.74, 6) is 0.384.